The van der Waals surface area contributed by atoms with Crippen LogP contribution in [0.25, 0.3) is 0 Å². The molecule has 0 bridgehead atoms. The lowest BCUT2D eigenvalue weighted by molar-refractivity contribution is -0.120. The number of nitrogens with two attached hydrogens (primary N) is 1. The van der Waals surface area contributed by atoms with Crippen molar-refractivity contribution < 1.29 is 23.3 Å². The molecule has 0 aromatic heterocycles. The van der Waals surface area contributed by atoms with Gasteiger partial charge < -0.3 is 25.4 Å². The maximum absolute atomic E-state index is 11.3. The van der Waals surface area contributed by atoms with E-state index >= 15 is 0 Å². The van der Waals surface area contributed by atoms with E-state index in [1.807, 2.05) is 51.1 Å². The summed E-state index contributed by atoms with van der Waals surface area (Å²) in [5.74, 6) is 2.54. The number of hydrogen-bond donors (Lipinski definition) is 2. The number of nitrogens with one attached hydrogen (secondary N) is 1. The van der Waals surface area contributed by atoms with E-state index in [1.54, 1.807) is 7.05 Å². The summed E-state index contributed by atoms with van der Waals surface area (Å²) in [5, 5.41) is 6.74. The number of hydrogen-bond acceptors (Lipinski definition) is 7. The highest BCUT2D eigenvalue weighted by molar-refractivity contribution is 7.44. The van der Waals surface area contributed by atoms with Crippen molar-refractivity contribution in [2.45, 2.75) is 53.4 Å². The summed E-state index contributed by atoms with van der Waals surface area (Å²) >= 11 is 2.83. The monoisotopic (exact) mass is 489 g/mol. The van der Waals surface area contributed by atoms with Crippen LogP contribution in [0.5, 0.6) is 17.2 Å². The fraction of sp³-hybridized carbons (Fsp3) is 0.440. The summed E-state index contributed by atoms with van der Waals surface area (Å²) in [6.45, 7) is 9.17. The molecule has 0 heterocycles. The zero-order chi connectivity index (χ0) is 25.5. The average Bonchev–Trinajstić information content (AvgIpc) is 2.86. The van der Waals surface area contributed by atoms with Gasteiger partial charge in [0, 0.05) is 24.6 Å². The molecule has 0 saturated carbocycles. The van der Waals surface area contributed by atoms with Crippen molar-refractivity contribution >= 4 is 24.3 Å². The van der Waals surface area contributed by atoms with Crippen molar-refractivity contribution in [2.75, 3.05) is 20.3 Å². The van der Waals surface area contributed by atoms with Gasteiger partial charge in [-0.05, 0) is 75.1 Å². The number of ether oxygens (including phenoxy) is 2. The molecule has 0 unspecified atom stereocenters. The zero-order valence-corrected chi connectivity index (χ0v) is 21.4. The summed E-state index contributed by atoms with van der Waals surface area (Å²) in [4.78, 5) is 17.1. The number of carbonyl (C=O) groups excluding carboxylic acids is 1. The number of oxime groups is 1. The fourth-order valence-corrected chi connectivity index (χ4v) is 3.06. The number of benzene rings is 2. The molecule has 186 valence electrons. The molecule has 1 amide bonds. The molecule has 0 aliphatic carbocycles. The Morgan fingerprint density at radius 1 is 1.03 bits per heavy atom. The zero-order valence-electron chi connectivity index (χ0n) is 20.6. The molecule has 0 spiro atoms. The molecule has 0 aliphatic heterocycles. The predicted molar refractivity (Wildman–Crippen MR) is 136 cm³/mol. The predicted octanol–water partition coefficient (Wildman–Crippen LogP) is 4.06. The highest BCUT2D eigenvalue weighted by atomic mass is 32.1. The lowest BCUT2D eigenvalue weighted by atomic mass is 10.0. The van der Waals surface area contributed by atoms with Crippen LogP contribution < -0.4 is 25.4 Å². The quantitative estimate of drug-likeness (QED) is 0.200. The Labute approximate surface area is 207 Å². The molecule has 2 aromatic carbocycles. The first-order valence-electron chi connectivity index (χ1n) is 11.2. The molecule has 0 saturated heterocycles. The van der Waals surface area contributed by atoms with Crippen molar-refractivity contribution in [3.8, 4) is 17.2 Å². The molecule has 9 heteroatoms. The number of unbranched alkanes of at least 4 members (excludes halogenated alkanes) is 1. The number of nitrogens with zero attached hydrogens (tertiary/aromatic N) is 1. The highest BCUT2D eigenvalue weighted by Gasteiger charge is 2.14. The van der Waals surface area contributed by atoms with Gasteiger partial charge in [-0.2, -0.15) is 4.21 Å². The molecule has 0 aliphatic rings. The van der Waals surface area contributed by atoms with E-state index in [-0.39, 0.29) is 11.7 Å². The SMILES string of the molecule is CCCCOc1ccc(C(N)=NOc2c(C)cc(OCCCC(=O)NC)c(C)c2C)cc1.O=S. The van der Waals surface area contributed by atoms with Crippen molar-refractivity contribution in [2.24, 2.45) is 10.9 Å². The summed E-state index contributed by atoms with van der Waals surface area (Å²) < 4.78 is 19.4. The lowest BCUT2D eigenvalue weighted by Gasteiger charge is -2.16. The smallest absolute Gasteiger partial charge is 0.219 e. The summed E-state index contributed by atoms with van der Waals surface area (Å²) in [7, 11) is 1.63. The van der Waals surface area contributed by atoms with E-state index in [0.717, 1.165) is 46.6 Å². The van der Waals surface area contributed by atoms with Gasteiger partial charge in [0.25, 0.3) is 0 Å². The van der Waals surface area contributed by atoms with Crippen molar-refractivity contribution in [1.29, 1.82) is 0 Å². The molecule has 34 heavy (non-hydrogen) atoms. The van der Waals surface area contributed by atoms with E-state index in [0.29, 0.717) is 31.8 Å². The van der Waals surface area contributed by atoms with Crippen LogP contribution in [0.15, 0.2) is 35.5 Å². The normalized spacial score (nSPS) is 10.7. The first-order valence-corrected chi connectivity index (χ1v) is 11.5. The first kappa shape index (κ1) is 28.8. The molecular formula is C25H35N3O5S. The molecule has 0 radical (unpaired) electrons. The van der Waals surface area contributed by atoms with Gasteiger partial charge in [-0.3, -0.25) is 4.79 Å². The second-order valence-electron chi connectivity index (χ2n) is 7.69. The first-order chi connectivity index (χ1) is 16.4. The summed E-state index contributed by atoms with van der Waals surface area (Å²) in [6.07, 6.45) is 3.21. The third kappa shape index (κ3) is 8.97. The lowest BCUT2D eigenvalue weighted by Crippen LogP contribution is -2.18. The third-order valence-electron chi connectivity index (χ3n) is 5.22. The van der Waals surface area contributed by atoms with Gasteiger partial charge in [-0.15, -0.1) is 0 Å². The van der Waals surface area contributed by atoms with Crippen LogP contribution in [-0.2, 0) is 17.3 Å². The maximum atomic E-state index is 11.3. The Kier molecular flexibility index (Phi) is 13.2. The van der Waals surface area contributed by atoms with Gasteiger partial charge in [0.2, 0.25) is 5.91 Å². The van der Waals surface area contributed by atoms with Gasteiger partial charge in [-0.1, -0.05) is 18.5 Å². The number of amidine groups is 1. The highest BCUT2D eigenvalue weighted by Crippen LogP contribution is 2.33. The molecular weight excluding hydrogens is 454 g/mol. The van der Waals surface area contributed by atoms with Crippen LogP contribution in [0.3, 0.4) is 0 Å². The number of aryl methyl sites for hydroxylation is 1. The largest absolute Gasteiger partial charge is 0.494 e. The Hall–Kier alpha value is -3.20. The fourth-order valence-electron chi connectivity index (χ4n) is 3.06. The summed E-state index contributed by atoms with van der Waals surface area (Å²) in [6, 6.07) is 9.41. The second kappa shape index (κ2) is 15.6. The van der Waals surface area contributed by atoms with Crippen molar-refractivity contribution in [3.63, 3.8) is 0 Å². The van der Waals surface area contributed by atoms with Gasteiger partial charge in [0.1, 0.15) is 11.5 Å². The maximum Gasteiger partial charge on any atom is 0.219 e. The standard InChI is InChI=1S/C25H35N3O4.OS/c1-6-7-14-30-21-12-10-20(11-13-21)25(26)28-32-24-17(2)16-22(18(3)19(24)4)31-15-8-9-23(29)27-5;1-2/h10-13,16H,6-9,14-15H2,1-5H3,(H2,26,28)(H,27,29);. The minimum atomic E-state index is 0.00976. The van der Waals surface area contributed by atoms with Crippen molar-refractivity contribution in [3.05, 3.63) is 52.6 Å². The summed E-state index contributed by atoms with van der Waals surface area (Å²) in [5.41, 5.74) is 9.68. The van der Waals surface area contributed by atoms with Gasteiger partial charge in [-0.25, -0.2) is 0 Å². The van der Waals surface area contributed by atoms with Gasteiger partial charge in [0.15, 0.2) is 24.1 Å². The van der Waals surface area contributed by atoms with E-state index < -0.39 is 0 Å². The van der Waals surface area contributed by atoms with Crippen LogP contribution in [0.2, 0.25) is 0 Å². The van der Waals surface area contributed by atoms with Crippen LogP contribution in [0, 0.1) is 20.8 Å². The Bertz CT molecular complexity index is 949. The molecule has 3 N–H and O–H groups in total. The van der Waals surface area contributed by atoms with Crippen LogP contribution in [-0.4, -0.2) is 36.2 Å². The Morgan fingerprint density at radius 2 is 1.68 bits per heavy atom. The number of carbonyl (C=O) groups is 1. The molecule has 0 fully saturated rings. The molecule has 0 atom stereocenters. The Balaban J connectivity index is 0.00000281. The van der Waals surface area contributed by atoms with Gasteiger partial charge >= 0.3 is 0 Å². The third-order valence-corrected chi connectivity index (χ3v) is 5.22. The van der Waals surface area contributed by atoms with E-state index in [9.17, 15) is 4.79 Å². The second-order valence-corrected chi connectivity index (χ2v) is 7.69. The molecule has 2 aromatic rings. The minimum Gasteiger partial charge on any atom is -0.494 e. The average molecular weight is 490 g/mol. The van der Waals surface area contributed by atoms with Crippen LogP contribution in [0.1, 0.15) is 54.9 Å². The Morgan fingerprint density at radius 3 is 2.29 bits per heavy atom. The molecule has 8 nitrogen and oxygen atoms in total. The van der Waals surface area contributed by atoms with E-state index in [1.165, 1.54) is 0 Å². The van der Waals surface area contributed by atoms with Gasteiger partial charge in [0.05, 0.1) is 13.2 Å². The van der Waals surface area contributed by atoms with Crippen LogP contribution in [0.4, 0.5) is 0 Å². The van der Waals surface area contributed by atoms with Crippen LogP contribution >= 0.6 is 0 Å². The van der Waals surface area contributed by atoms with E-state index in [2.05, 4.69) is 29.9 Å². The van der Waals surface area contributed by atoms with E-state index in [4.69, 9.17) is 24.3 Å². The number of rotatable bonds is 12. The molecule has 2 rings (SSSR count). The minimum absolute atomic E-state index is 0.00976. The topological polar surface area (TPSA) is 112 Å². The van der Waals surface area contributed by atoms with Crippen molar-refractivity contribution in [1.82, 2.24) is 5.32 Å². The number of amides is 1.